The van der Waals surface area contributed by atoms with E-state index in [1.54, 1.807) is 31.4 Å². The van der Waals surface area contributed by atoms with Gasteiger partial charge in [-0.25, -0.2) is 4.79 Å². The van der Waals surface area contributed by atoms with Gasteiger partial charge >= 0.3 is 5.97 Å². The average molecular weight is 271 g/mol. The maximum atomic E-state index is 11.9. The second-order valence-corrected chi connectivity index (χ2v) is 4.51. The van der Waals surface area contributed by atoms with E-state index in [1.807, 2.05) is 25.1 Å². The molecule has 2 aromatic rings. The highest BCUT2D eigenvalue weighted by molar-refractivity contribution is 5.89. The third-order valence-corrected chi connectivity index (χ3v) is 2.94. The number of nitrogen functional groups attached to an aromatic ring is 1. The zero-order chi connectivity index (χ0) is 14.5. The number of hydrogen-bond donors (Lipinski definition) is 1. The van der Waals surface area contributed by atoms with E-state index in [2.05, 4.69) is 0 Å². The molecule has 0 spiro atoms. The Hall–Kier alpha value is -2.49. The van der Waals surface area contributed by atoms with Crippen LogP contribution >= 0.6 is 0 Å². The zero-order valence-electron chi connectivity index (χ0n) is 11.6. The fourth-order valence-corrected chi connectivity index (χ4v) is 1.87. The van der Waals surface area contributed by atoms with E-state index in [-0.39, 0.29) is 12.6 Å². The number of ether oxygens (including phenoxy) is 2. The number of esters is 1. The molecule has 0 heterocycles. The van der Waals surface area contributed by atoms with Crippen LogP contribution in [-0.4, -0.2) is 13.1 Å². The molecule has 0 amide bonds. The molecule has 0 saturated heterocycles. The van der Waals surface area contributed by atoms with Gasteiger partial charge in [0, 0.05) is 11.3 Å². The fraction of sp³-hybridized carbons (Fsp3) is 0.188. The van der Waals surface area contributed by atoms with Crippen LogP contribution in [0.1, 0.15) is 21.5 Å². The summed E-state index contributed by atoms with van der Waals surface area (Å²) in [6.45, 7) is 2.15. The van der Waals surface area contributed by atoms with Crippen molar-refractivity contribution in [2.24, 2.45) is 0 Å². The van der Waals surface area contributed by atoms with Crippen molar-refractivity contribution >= 4 is 11.7 Å². The van der Waals surface area contributed by atoms with Gasteiger partial charge in [-0.05, 0) is 43.3 Å². The molecule has 0 atom stereocenters. The SMILES string of the molecule is COc1ccc(C)cc1COC(=O)c1ccc(N)cc1. The molecule has 0 radical (unpaired) electrons. The lowest BCUT2D eigenvalue weighted by molar-refractivity contribution is 0.0470. The third kappa shape index (κ3) is 3.29. The summed E-state index contributed by atoms with van der Waals surface area (Å²) in [7, 11) is 1.59. The third-order valence-electron chi connectivity index (χ3n) is 2.94. The Morgan fingerprint density at radius 1 is 1.15 bits per heavy atom. The van der Waals surface area contributed by atoms with Gasteiger partial charge in [0.2, 0.25) is 0 Å². The first kappa shape index (κ1) is 13.9. The van der Waals surface area contributed by atoms with Crippen molar-refractivity contribution in [1.29, 1.82) is 0 Å². The largest absolute Gasteiger partial charge is 0.496 e. The van der Waals surface area contributed by atoms with Gasteiger partial charge in [0.25, 0.3) is 0 Å². The Bertz CT molecular complexity index is 606. The summed E-state index contributed by atoms with van der Waals surface area (Å²) in [6.07, 6.45) is 0. The van der Waals surface area contributed by atoms with E-state index >= 15 is 0 Å². The number of hydrogen-bond acceptors (Lipinski definition) is 4. The molecule has 2 rings (SSSR count). The Kier molecular flexibility index (Phi) is 4.25. The Morgan fingerprint density at radius 2 is 1.85 bits per heavy atom. The molecule has 0 aliphatic heterocycles. The smallest absolute Gasteiger partial charge is 0.338 e. The molecule has 4 heteroatoms. The molecule has 0 bridgehead atoms. The van der Waals surface area contributed by atoms with E-state index in [0.717, 1.165) is 11.1 Å². The molecule has 0 aromatic heterocycles. The Balaban J connectivity index is 2.06. The highest BCUT2D eigenvalue weighted by Gasteiger charge is 2.09. The molecule has 2 N–H and O–H groups in total. The Labute approximate surface area is 118 Å². The first-order chi connectivity index (χ1) is 9.60. The van der Waals surface area contributed by atoms with Crippen molar-refractivity contribution in [3.63, 3.8) is 0 Å². The van der Waals surface area contributed by atoms with Crippen molar-refractivity contribution in [3.8, 4) is 5.75 Å². The molecule has 20 heavy (non-hydrogen) atoms. The molecule has 4 nitrogen and oxygen atoms in total. The van der Waals surface area contributed by atoms with Crippen molar-refractivity contribution in [2.75, 3.05) is 12.8 Å². The van der Waals surface area contributed by atoms with Crippen LogP contribution in [0, 0.1) is 6.92 Å². The van der Waals surface area contributed by atoms with Gasteiger partial charge in [-0.15, -0.1) is 0 Å². The lowest BCUT2D eigenvalue weighted by Gasteiger charge is -2.10. The first-order valence-electron chi connectivity index (χ1n) is 6.26. The molecule has 2 aromatic carbocycles. The van der Waals surface area contributed by atoms with Crippen molar-refractivity contribution in [3.05, 3.63) is 59.2 Å². The van der Waals surface area contributed by atoms with Crippen molar-refractivity contribution in [1.82, 2.24) is 0 Å². The van der Waals surface area contributed by atoms with Crippen molar-refractivity contribution < 1.29 is 14.3 Å². The summed E-state index contributed by atoms with van der Waals surface area (Å²) in [6, 6.07) is 12.4. The number of carbonyl (C=O) groups is 1. The van der Waals surface area contributed by atoms with Gasteiger partial charge < -0.3 is 15.2 Å². The average Bonchev–Trinajstić information content (AvgIpc) is 2.45. The minimum Gasteiger partial charge on any atom is -0.496 e. The van der Waals surface area contributed by atoms with Gasteiger partial charge in [-0.2, -0.15) is 0 Å². The van der Waals surface area contributed by atoms with Gasteiger partial charge in [-0.1, -0.05) is 11.6 Å². The van der Waals surface area contributed by atoms with Crippen LogP contribution in [0.5, 0.6) is 5.75 Å². The van der Waals surface area contributed by atoms with Gasteiger partial charge in [-0.3, -0.25) is 0 Å². The zero-order valence-corrected chi connectivity index (χ0v) is 11.6. The van der Waals surface area contributed by atoms with E-state index in [4.69, 9.17) is 15.2 Å². The predicted octanol–water partition coefficient (Wildman–Crippen LogP) is 2.94. The lowest BCUT2D eigenvalue weighted by atomic mass is 10.1. The predicted molar refractivity (Wildman–Crippen MR) is 77.7 cm³/mol. The molecule has 0 unspecified atom stereocenters. The number of anilines is 1. The minimum atomic E-state index is -0.381. The van der Waals surface area contributed by atoms with Gasteiger partial charge in [0.1, 0.15) is 12.4 Å². The second kappa shape index (κ2) is 6.10. The number of nitrogens with two attached hydrogens (primary N) is 1. The van der Waals surface area contributed by atoms with Gasteiger partial charge in [0.15, 0.2) is 0 Å². The van der Waals surface area contributed by atoms with E-state index in [1.165, 1.54) is 0 Å². The first-order valence-corrected chi connectivity index (χ1v) is 6.26. The summed E-state index contributed by atoms with van der Waals surface area (Å²) >= 11 is 0. The van der Waals surface area contributed by atoms with Gasteiger partial charge in [0.05, 0.1) is 12.7 Å². The molecule has 0 fully saturated rings. The van der Waals surface area contributed by atoms with Crippen LogP contribution in [0.25, 0.3) is 0 Å². The topological polar surface area (TPSA) is 61.5 Å². The molecular formula is C16H17NO3. The fourth-order valence-electron chi connectivity index (χ4n) is 1.87. The normalized spacial score (nSPS) is 10.1. The van der Waals surface area contributed by atoms with Crippen molar-refractivity contribution in [2.45, 2.75) is 13.5 Å². The summed E-state index contributed by atoms with van der Waals surface area (Å²) in [5.74, 6) is 0.328. The standard InChI is InChI=1S/C16H17NO3/c1-11-3-8-15(19-2)13(9-11)10-20-16(18)12-4-6-14(17)7-5-12/h3-9H,10,17H2,1-2H3. The maximum absolute atomic E-state index is 11.9. The number of benzene rings is 2. The monoisotopic (exact) mass is 271 g/mol. The molecular weight excluding hydrogens is 254 g/mol. The number of methoxy groups -OCH3 is 1. The summed E-state index contributed by atoms with van der Waals surface area (Å²) < 4.78 is 10.5. The van der Waals surface area contributed by atoms with Crippen LogP contribution < -0.4 is 10.5 Å². The maximum Gasteiger partial charge on any atom is 0.338 e. The number of aryl methyl sites for hydroxylation is 1. The van der Waals surface area contributed by atoms with Crippen LogP contribution in [0.2, 0.25) is 0 Å². The van der Waals surface area contributed by atoms with Crippen LogP contribution in [0.3, 0.4) is 0 Å². The highest BCUT2D eigenvalue weighted by atomic mass is 16.5. The molecule has 0 aliphatic carbocycles. The minimum absolute atomic E-state index is 0.175. The summed E-state index contributed by atoms with van der Waals surface area (Å²) in [5, 5.41) is 0. The molecule has 0 saturated carbocycles. The summed E-state index contributed by atoms with van der Waals surface area (Å²) in [5.41, 5.74) is 8.60. The van der Waals surface area contributed by atoms with Crippen LogP contribution in [0.4, 0.5) is 5.69 Å². The van der Waals surface area contributed by atoms with Crippen LogP contribution in [0.15, 0.2) is 42.5 Å². The lowest BCUT2D eigenvalue weighted by Crippen LogP contribution is -2.06. The van der Waals surface area contributed by atoms with E-state index in [0.29, 0.717) is 17.0 Å². The molecule has 0 aliphatic rings. The molecule has 104 valence electrons. The van der Waals surface area contributed by atoms with Crippen LogP contribution in [-0.2, 0) is 11.3 Å². The quantitative estimate of drug-likeness (QED) is 0.686. The number of carbonyl (C=O) groups excluding carboxylic acids is 1. The summed E-state index contributed by atoms with van der Waals surface area (Å²) in [4.78, 5) is 11.9. The number of rotatable bonds is 4. The Morgan fingerprint density at radius 3 is 2.50 bits per heavy atom. The second-order valence-electron chi connectivity index (χ2n) is 4.51. The van der Waals surface area contributed by atoms with E-state index in [9.17, 15) is 4.79 Å². The highest BCUT2D eigenvalue weighted by Crippen LogP contribution is 2.21. The van der Waals surface area contributed by atoms with E-state index < -0.39 is 0 Å².